The molecule has 2 saturated heterocycles. The highest BCUT2D eigenvalue weighted by molar-refractivity contribution is 8.00. The van der Waals surface area contributed by atoms with E-state index in [0.717, 1.165) is 63.4 Å². The first-order valence-corrected chi connectivity index (χ1v) is 11.1. The van der Waals surface area contributed by atoms with Gasteiger partial charge in [-0.05, 0) is 31.5 Å². The van der Waals surface area contributed by atoms with Gasteiger partial charge in [-0.1, -0.05) is 12.1 Å². The standard InChI is InChI=1S/C21H34N4O2S/c1-21(2)16-25(11-14-28-21)20(22-3)23-15-19(24-9-12-27-13-10-24)17-5-7-18(26-4)8-6-17/h5-8,19H,9-16H2,1-4H3,(H,22,23). The Bertz CT molecular complexity index is 644. The first kappa shape index (κ1) is 21.3. The summed E-state index contributed by atoms with van der Waals surface area (Å²) in [5, 5.41) is 3.65. The molecule has 6 nitrogen and oxygen atoms in total. The largest absolute Gasteiger partial charge is 0.497 e. The maximum absolute atomic E-state index is 5.57. The molecule has 28 heavy (non-hydrogen) atoms. The molecular weight excluding hydrogens is 372 g/mol. The smallest absolute Gasteiger partial charge is 0.193 e. The molecule has 2 aliphatic heterocycles. The summed E-state index contributed by atoms with van der Waals surface area (Å²) in [6.07, 6.45) is 0. The number of benzene rings is 1. The van der Waals surface area contributed by atoms with Gasteiger partial charge in [-0.2, -0.15) is 11.8 Å². The van der Waals surface area contributed by atoms with Gasteiger partial charge in [0.15, 0.2) is 5.96 Å². The van der Waals surface area contributed by atoms with Gasteiger partial charge >= 0.3 is 0 Å². The van der Waals surface area contributed by atoms with Crippen molar-refractivity contribution in [3.63, 3.8) is 0 Å². The molecule has 0 saturated carbocycles. The number of aliphatic imine (C=N–C) groups is 1. The lowest BCUT2D eigenvalue weighted by Gasteiger charge is -2.40. The fourth-order valence-corrected chi connectivity index (χ4v) is 5.00. The first-order chi connectivity index (χ1) is 13.5. The fourth-order valence-electron chi connectivity index (χ4n) is 3.89. The molecule has 2 aliphatic rings. The number of rotatable bonds is 5. The topological polar surface area (TPSA) is 49.3 Å². The highest BCUT2D eigenvalue weighted by Gasteiger charge is 2.29. The molecule has 1 N–H and O–H groups in total. The monoisotopic (exact) mass is 406 g/mol. The highest BCUT2D eigenvalue weighted by Crippen LogP contribution is 2.29. The van der Waals surface area contributed by atoms with Gasteiger partial charge in [0.1, 0.15) is 5.75 Å². The molecule has 3 rings (SSSR count). The number of morpholine rings is 1. The molecule has 1 atom stereocenters. The Morgan fingerprint density at radius 3 is 2.57 bits per heavy atom. The third kappa shape index (κ3) is 5.55. The van der Waals surface area contributed by atoms with Crippen LogP contribution in [-0.4, -0.2) is 86.4 Å². The number of guanidine groups is 1. The average molecular weight is 407 g/mol. The number of ether oxygens (including phenoxy) is 2. The second-order valence-corrected chi connectivity index (χ2v) is 9.70. The average Bonchev–Trinajstić information content (AvgIpc) is 2.71. The quantitative estimate of drug-likeness (QED) is 0.599. The van der Waals surface area contributed by atoms with Crippen LogP contribution in [0, 0.1) is 0 Å². The molecule has 0 radical (unpaired) electrons. The zero-order valence-electron chi connectivity index (χ0n) is 17.6. The van der Waals surface area contributed by atoms with Gasteiger partial charge in [0.25, 0.3) is 0 Å². The van der Waals surface area contributed by atoms with Crippen LogP contribution in [0.4, 0.5) is 0 Å². The lowest BCUT2D eigenvalue weighted by molar-refractivity contribution is 0.0169. The molecule has 2 heterocycles. The van der Waals surface area contributed by atoms with Gasteiger partial charge in [-0.15, -0.1) is 0 Å². The van der Waals surface area contributed by atoms with Crippen LogP contribution in [0.25, 0.3) is 0 Å². The molecule has 7 heteroatoms. The summed E-state index contributed by atoms with van der Waals surface area (Å²) in [5.41, 5.74) is 1.29. The van der Waals surface area contributed by atoms with Gasteiger partial charge in [-0.3, -0.25) is 9.89 Å². The lowest BCUT2D eigenvalue weighted by atomic mass is 10.0. The molecule has 1 unspecified atom stereocenters. The number of nitrogens with one attached hydrogen (secondary N) is 1. The minimum absolute atomic E-state index is 0.259. The van der Waals surface area contributed by atoms with E-state index in [1.54, 1.807) is 7.11 Å². The van der Waals surface area contributed by atoms with E-state index < -0.39 is 0 Å². The van der Waals surface area contributed by atoms with Gasteiger partial charge < -0.3 is 19.7 Å². The third-order valence-electron chi connectivity index (χ3n) is 5.38. The van der Waals surface area contributed by atoms with E-state index in [4.69, 9.17) is 9.47 Å². The van der Waals surface area contributed by atoms with Crippen molar-refractivity contribution >= 4 is 17.7 Å². The van der Waals surface area contributed by atoms with Crippen LogP contribution in [-0.2, 0) is 4.74 Å². The fraction of sp³-hybridized carbons (Fsp3) is 0.667. The predicted molar refractivity (Wildman–Crippen MR) is 118 cm³/mol. The van der Waals surface area contributed by atoms with Crippen molar-refractivity contribution in [1.29, 1.82) is 0 Å². The Hall–Kier alpha value is -1.44. The van der Waals surface area contributed by atoms with Crippen molar-refractivity contribution in [2.75, 3.05) is 65.8 Å². The number of hydrogen-bond donors (Lipinski definition) is 1. The lowest BCUT2D eigenvalue weighted by Crippen LogP contribution is -2.52. The summed E-state index contributed by atoms with van der Waals surface area (Å²) >= 11 is 2.04. The Morgan fingerprint density at radius 2 is 1.96 bits per heavy atom. The second-order valence-electron chi connectivity index (χ2n) is 7.90. The Morgan fingerprint density at radius 1 is 1.25 bits per heavy atom. The van der Waals surface area contributed by atoms with Crippen LogP contribution in [0.1, 0.15) is 25.5 Å². The number of nitrogens with zero attached hydrogens (tertiary/aromatic N) is 3. The van der Waals surface area contributed by atoms with Gasteiger partial charge in [0, 0.05) is 50.3 Å². The molecule has 0 aromatic heterocycles. The van der Waals surface area contributed by atoms with E-state index in [9.17, 15) is 0 Å². The zero-order valence-corrected chi connectivity index (χ0v) is 18.4. The zero-order chi connectivity index (χ0) is 20.0. The van der Waals surface area contributed by atoms with Gasteiger partial charge in [-0.25, -0.2) is 0 Å². The summed E-state index contributed by atoms with van der Waals surface area (Å²) < 4.78 is 11.2. The van der Waals surface area contributed by atoms with Crippen LogP contribution in [0.3, 0.4) is 0 Å². The summed E-state index contributed by atoms with van der Waals surface area (Å²) in [6, 6.07) is 8.71. The van der Waals surface area contributed by atoms with E-state index >= 15 is 0 Å². The van der Waals surface area contributed by atoms with Crippen molar-refractivity contribution in [1.82, 2.24) is 15.1 Å². The Labute approximate surface area is 173 Å². The molecule has 1 aromatic rings. The van der Waals surface area contributed by atoms with E-state index in [0.29, 0.717) is 0 Å². The molecule has 0 aliphatic carbocycles. The summed E-state index contributed by atoms with van der Waals surface area (Å²) in [7, 11) is 3.59. The van der Waals surface area contributed by atoms with Crippen molar-refractivity contribution in [3.05, 3.63) is 29.8 Å². The van der Waals surface area contributed by atoms with Crippen molar-refractivity contribution in [2.24, 2.45) is 4.99 Å². The molecule has 1 aromatic carbocycles. The normalized spacial score (nSPS) is 22.0. The number of hydrogen-bond acceptors (Lipinski definition) is 5. The number of thioether (sulfide) groups is 1. The molecular formula is C21H34N4O2S. The predicted octanol–water partition coefficient (Wildman–Crippen LogP) is 2.47. The van der Waals surface area contributed by atoms with Crippen molar-refractivity contribution in [3.8, 4) is 5.75 Å². The van der Waals surface area contributed by atoms with Crippen LogP contribution < -0.4 is 10.1 Å². The Kier molecular flexibility index (Phi) is 7.48. The molecule has 156 valence electrons. The maximum Gasteiger partial charge on any atom is 0.193 e. The third-order valence-corrected chi connectivity index (χ3v) is 6.67. The molecule has 0 bridgehead atoms. The molecule has 0 spiro atoms. The summed E-state index contributed by atoms with van der Waals surface area (Å²) in [4.78, 5) is 9.47. The first-order valence-electron chi connectivity index (χ1n) is 10.1. The summed E-state index contributed by atoms with van der Waals surface area (Å²) in [6.45, 7) is 11.0. The second kappa shape index (κ2) is 9.85. The summed E-state index contributed by atoms with van der Waals surface area (Å²) in [5.74, 6) is 3.03. The van der Waals surface area contributed by atoms with Crippen LogP contribution in [0.15, 0.2) is 29.3 Å². The van der Waals surface area contributed by atoms with Crippen LogP contribution in [0.2, 0.25) is 0 Å². The van der Waals surface area contributed by atoms with Crippen LogP contribution >= 0.6 is 11.8 Å². The maximum atomic E-state index is 5.57. The van der Waals surface area contributed by atoms with Gasteiger partial charge in [0.05, 0.1) is 26.4 Å². The minimum Gasteiger partial charge on any atom is -0.497 e. The van der Waals surface area contributed by atoms with Crippen molar-refractivity contribution in [2.45, 2.75) is 24.6 Å². The van der Waals surface area contributed by atoms with E-state index in [1.165, 1.54) is 5.56 Å². The van der Waals surface area contributed by atoms with Gasteiger partial charge in [0.2, 0.25) is 0 Å². The molecule has 2 fully saturated rings. The van der Waals surface area contributed by atoms with Crippen molar-refractivity contribution < 1.29 is 9.47 Å². The minimum atomic E-state index is 0.259. The van der Waals surface area contributed by atoms with E-state index in [-0.39, 0.29) is 10.8 Å². The van der Waals surface area contributed by atoms with E-state index in [2.05, 4.69) is 46.1 Å². The highest BCUT2D eigenvalue weighted by atomic mass is 32.2. The Balaban J connectivity index is 1.71. The number of methoxy groups -OCH3 is 1. The molecule has 0 amide bonds. The van der Waals surface area contributed by atoms with E-state index in [1.807, 2.05) is 30.9 Å². The SMILES string of the molecule is CN=C(NCC(c1ccc(OC)cc1)N1CCOCC1)N1CCSC(C)(C)C1. The van der Waals surface area contributed by atoms with Crippen LogP contribution in [0.5, 0.6) is 5.75 Å².